The molecule has 0 radical (unpaired) electrons. The van der Waals surface area contributed by atoms with E-state index in [2.05, 4.69) is 42.5 Å². The zero-order valence-corrected chi connectivity index (χ0v) is 31.4. The predicted molar refractivity (Wildman–Crippen MR) is 115 cm³/mol. The summed E-state index contributed by atoms with van der Waals surface area (Å²) in [6.45, 7) is 3.74. The normalized spacial score (nSPS) is 12.1. The second kappa shape index (κ2) is 20.4. The van der Waals surface area contributed by atoms with Gasteiger partial charge < -0.3 is 29.4 Å². The molecule has 35 heavy (non-hydrogen) atoms. The predicted octanol–water partition coefficient (Wildman–Crippen LogP) is -11.0. The summed E-state index contributed by atoms with van der Waals surface area (Å²) in [6.07, 6.45) is 4.86. The standard InChI is InChI=1S/C23H30O6P2.4Na/c1-18(11-16-23(30(24,25)26)31(27,28)29)7-6-8-19(2)17-20-12-14-22(15-13-20)21-9-4-3-5-10-21;;;;/h3-5,8-15,23H,6-7,16-17H2,1-2H3,(H2,24,25,26)(H2,27,28,29);;;;/q;4*+1/p-4/b18-11+,19-8+;;;;. The van der Waals surface area contributed by atoms with Crippen molar-refractivity contribution < 1.29 is 148 Å². The van der Waals surface area contributed by atoms with Crippen LogP contribution in [0, 0.1) is 0 Å². The molecule has 0 atom stereocenters. The molecule has 6 nitrogen and oxygen atoms in total. The van der Waals surface area contributed by atoms with Crippen LogP contribution in [0.2, 0.25) is 0 Å². The van der Waals surface area contributed by atoms with Gasteiger partial charge in [-0.2, -0.15) is 0 Å². The number of allylic oxidation sites excluding steroid dienone is 4. The fourth-order valence-electron chi connectivity index (χ4n) is 3.23. The van der Waals surface area contributed by atoms with Crippen LogP contribution < -0.4 is 148 Å². The monoisotopic (exact) mass is 552 g/mol. The molecule has 0 saturated carbocycles. The summed E-state index contributed by atoms with van der Waals surface area (Å²) in [7, 11) is -11.0. The Hall–Kier alpha value is 2.54. The van der Waals surface area contributed by atoms with Gasteiger partial charge in [-0.3, -0.25) is 0 Å². The van der Waals surface area contributed by atoms with Gasteiger partial charge >= 0.3 is 118 Å². The molecule has 0 aliphatic heterocycles. The number of rotatable bonds is 10. The molecule has 2 aromatic carbocycles. The van der Waals surface area contributed by atoms with E-state index in [1.807, 2.05) is 25.1 Å². The Labute approximate surface area is 298 Å². The van der Waals surface area contributed by atoms with Gasteiger partial charge in [0.2, 0.25) is 0 Å². The molecular formula is C23H26Na4O6P2. The third kappa shape index (κ3) is 16.4. The van der Waals surface area contributed by atoms with Crippen molar-refractivity contribution in [3.05, 3.63) is 83.5 Å². The van der Waals surface area contributed by atoms with Gasteiger partial charge in [0.25, 0.3) is 0 Å². The molecule has 0 fully saturated rings. The molecule has 2 aromatic rings. The molecule has 0 aliphatic carbocycles. The van der Waals surface area contributed by atoms with Crippen LogP contribution in [-0.4, -0.2) is 5.40 Å². The first kappa shape index (κ1) is 42.0. The van der Waals surface area contributed by atoms with Crippen molar-refractivity contribution in [3.8, 4) is 11.1 Å². The Morgan fingerprint density at radius 2 is 1.17 bits per heavy atom. The van der Waals surface area contributed by atoms with E-state index in [-0.39, 0.29) is 118 Å². The molecule has 0 aliphatic rings. The second-order valence-electron chi connectivity index (χ2n) is 7.68. The van der Waals surface area contributed by atoms with Crippen LogP contribution in [-0.2, 0) is 6.42 Å². The van der Waals surface area contributed by atoms with Gasteiger partial charge in [0.05, 0.1) is 0 Å². The van der Waals surface area contributed by atoms with E-state index in [4.69, 9.17) is 0 Å². The van der Waals surface area contributed by atoms with Crippen molar-refractivity contribution in [2.45, 2.75) is 44.9 Å². The smallest absolute Gasteiger partial charge is 0.685 e. The fourth-order valence-corrected chi connectivity index (χ4v) is 5.34. The van der Waals surface area contributed by atoms with E-state index in [1.54, 1.807) is 6.92 Å². The third-order valence-electron chi connectivity index (χ3n) is 4.98. The molecular weight excluding hydrogens is 526 g/mol. The van der Waals surface area contributed by atoms with Crippen molar-refractivity contribution in [3.63, 3.8) is 0 Å². The van der Waals surface area contributed by atoms with Crippen LogP contribution in [0.4, 0.5) is 0 Å². The van der Waals surface area contributed by atoms with Gasteiger partial charge in [-0.15, -0.1) is 15.9 Å². The van der Waals surface area contributed by atoms with E-state index in [0.717, 1.165) is 17.6 Å². The van der Waals surface area contributed by atoms with Gasteiger partial charge in [0.1, 0.15) is 5.40 Å². The number of hydrogen-bond donors (Lipinski definition) is 0. The van der Waals surface area contributed by atoms with Gasteiger partial charge in [-0.25, -0.2) is 0 Å². The van der Waals surface area contributed by atoms with Gasteiger partial charge in [0, 0.05) is 6.42 Å². The summed E-state index contributed by atoms with van der Waals surface area (Å²) in [6, 6.07) is 18.5. The minimum atomic E-state index is -5.50. The molecule has 2 rings (SSSR count). The molecule has 12 heteroatoms. The molecule has 0 amide bonds. The van der Waals surface area contributed by atoms with Gasteiger partial charge in [0.15, 0.2) is 0 Å². The topological polar surface area (TPSA) is 138 Å². The summed E-state index contributed by atoms with van der Waals surface area (Å²) in [5.41, 5.74) is 5.41. The SMILES string of the molecule is C/C(=C\CC([P+]([O-])([O-])[O-])[P+]([O-])([O-])[O-])CC/C=C(\C)Cc1ccc(-c2ccccc2)cc1.[Na+].[Na+].[Na+].[Na+]. The maximum atomic E-state index is 11.0. The summed E-state index contributed by atoms with van der Waals surface area (Å²) < 4.78 is 0. The first-order valence-corrected chi connectivity index (χ1v) is 13.2. The molecule has 0 saturated heterocycles. The van der Waals surface area contributed by atoms with Gasteiger partial charge in [-0.1, -0.05) is 77.9 Å². The first-order chi connectivity index (χ1) is 14.5. The van der Waals surface area contributed by atoms with Crippen LogP contribution in [0.25, 0.3) is 11.1 Å². The molecule has 0 N–H and O–H groups in total. The quantitative estimate of drug-likeness (QED) is 0.163. The zero-order chi connectivity index (χ0) is 23.1. The van der Waals surface area contributed by atoms with E-state index < -0.39 is 27.7 Å². The maximum absolute atomic E-state index is 11.0. The average Bonchev–Trinajstić information content (AvgIpc) is 2.67. The van der Waals surface area contributed by atoms with Crippen molar-refractivity contribution in [2.24, 2.45) is 0 Å². The molecule has 0 bridgehead atoms. The number of benzene rings is 2. The summed E-state index contributed by atoms with van der Waals surface area (Å²) in [5.74, 6) is 0. The van der Waals surface area contributed by atoms with Crippen LogP contribution in [0.5, 0.6) is 0 Å². The van der Waals surface area contributed by atoms with Crippen molar-refractivity contribution in [1.29, 1.82) is 0 Å². The average molecular weight is 552 g/mol. The molecule has 0 heterocycles. The van der Waals surface area contributed by atoms with E-state index in [9.17, 15) is 29.4 Å². The Morgan fingerprint density at radius 1 is 0.686 bits per heavy atom. The van der Waals surface area contributed by atoms with Crippen LogP contribution in [0.1, 0.15) is 38.7 Å². The van der Waals surface area contributed by atoms with Gasteiger partial charge in [-0.05, 0) is 49.8 Å². The minimum Gasteiger partial charge on any atom is -0.685 e. The van der Waals surface area contributed by atoms with Crippen molar-refractivity contribution in [1.82, 2.24) is 0 Å². The van der Waals surface area contributed by atoms with Crippen molar-refractivity contribution >= 4 is 15.9 Å². The Balaban J connectivity index is -0.00000256. The summed E-state index contributed by atoms with van der Waals surface area (Å²) in [4.78, 5) is 66.2. The minimum absolute atomic E-state index is 0. The first-order valence-electron chi connectivity index (χ1n) is 9.96. The van der Waals surface area contributed by atoms with E-state index in [0.29, 0.717) is 12.8 Å². The largest absolute Gasteiger partial charge is 1.00 e. The third-order valence-corrected chi connectivity index (χ3v) is 8.56. The van der Waals surface area contributed by atoms with Crippen molar-refractivity contribution in [2.75, 3.05) is 0 Å². The second-order valence-corrected chi connectivity index (χ2v) is 11.5. The Kier molecular flexibility index (Phi) is 24.5. The maximum Gasteiger partial charge on any atom is 1.00 e. The van der Waals surface area contributed by atoms with Crippen LogP contribution in [0.15, 0.2) is 77.9 Å². The van der Waals surface area contributed by atoms with E-state index >= 15 is 0 Å². The van der Waals surface area contributed by atoms with Crippen LogP contribution >= 0.6 is 15.9 Å². The molecule has 0 unspecified atom stereocenters. The zero-order valence-electron chi connectivity index (χ0n) is 21.6. The fraction of sp³-hybridized carbons (Fsp3) is 0.304. The van der Waals surface area contributed by atoms with Crippen LogP contribution in [0.3, 0.4) is 0 Å². The molecule has 168 valence electrons. The Bertz CT molecular complexity index is 885. The molecule has 0 spiro atoms. The summed E-state index contributed by atoms with van der Waals surface area (Å²) in [5, 5.41) is -2.42. The summed E-state index contributed by atoms with van der Waals surface area (Å²) >= 11 is 0. The van der Waals surface area contributed by atoms with E-state index in [1.165, 1.54) is 22.8 Å². The molecule has 0 aromatic heterocycles. The number of hydrogen-bond acceptors (Lipinski definition) is 6. The Morgan fingerprint density at radius 3 is 1.66 bits per heavy atom.